The Morgan fingerprint density at radius 1 is 1.50 bits per heavy atom. The Balaban J connectivity index is 1.93. The lowest BCUT2D eigenvalue weighted by Crippen LogP contribution is -2.43. The molecule has 0 aromatic carbocycles. The number of aromatic amines is 1. The zero-order valence-corrected chi connectivity index (χ0v) is 9.72. The number of aromatic nitrogens is 2. The van der Waals surface area contributed by atoms with Gasteiger partial charge in [0.15, 0.2) is 5.16 Å². The van der Waals surface area contributed by atoms with Gasteiger partial charge in [0.05, 0.1) is 5.60 Å². The summed E-state index contributed by atoms with van der Waals surface area (Å²) in [6.07, 6.45) is 2.97. The van der Waals surface area contributed by atoms with Crippen LogP contribution in [-0.4, -0.2) is 39.5 Å². The highest BCUT2D eigenvalue weighted by atomic mass is 32.2. The Morgan fingerprint density at radius 2 is 2.25 bits per heavy atom. The Kier molecular flexibility index (Phi) is 3.63. The molecule has 16 heavy (non-hydrogen) atoms. The van der Waals surface area contributed by atoms with Gasteiger partial charge in [-0.05, 0) is 25.9 Å². The number of hydrogen-bond acceptors (Lipinski definition) is 5. The minimum atomic E-state index is -0.635. The first kappa shape index (κ1) is 11.6. The third-order valence-electron chi connectivity index (χ3n) is 2.66. The van der Waals surface area contributed by atoms with E-state index in [-0.39, 0.29) is 5.56 Å². The molecule has 0 bridgehead atoms. The van der Waals surface area contributed by atoms with Crippen molar-refractivity contribution in [2.75, 3.05) is 18.8 Å². The molecule has 1 aromatic heterocycles. The van der Waals surface area contributed by atoms with E-state index in [4.69, 9.17) is 0 Å². The van der Waals surface area contributed by atoms with E-state index in [2.05, 4.69) is 15.3 Å². The molecule has 3 N–H and O–H groups in total. The quantitative estimate of drug-likeness (QED) is 0.512. The van der Waals surface area contributed by atoms with E-state index in [1.54, 1.807) is 0 Å². The highest BCUT2D eigenvalue weighted by molar-refractivity contribution is 7.99. The first-order chi connectivity index (χ1) is 7.68. The first-order valence-corrected chi connectivity index (χ1v) is 6.28. The van der Waals surface area contributed by atoms with Crippen LogP contribution in [-0.2, 0) is 0 Å². The Morgan fingerprint density at radius 3 is 2.94 bits per heavy atom. The van der Waals surface area contributed by atoms with E-state index < -0.39 is 5.60 Å². The summed E-state index contributed by atoms with van der Waals surface area (Å²) in [5.41, 5.74) is -0.792. The van der Waals surface area contributed by atoms with Gasteiger partial charge >= 0.3 is 0 Å². The van der Waals surface area contributed by atoms with Crippen LogP contribution >= 0.6 is 11.8 Å². The van der Waals surface area contributed by atoms with Crippen molar-refractivity contribution in [3.63, 3.8) is 0 Å². The van der Waals surface area contributed by atoms with Crippen molar-refractivity contribution in [1.29, 1.82) is 0 Å². The van der Waals surface area contributed by atoms with Gasteiger partial charge in [-0.2, -0.15) is 0 Å². The first-order valence-electron chi connectivity index (χ1n) is 5.29. The second kappa shape index (κ2) is 4.99. The number of thioether (sulfide) groups is 1. The van der Waals surface area contributed by atoms with Gasteiger partial charge in [0, 0.05) is 18.0 Å². The molecule has 88 valence electrons. The number of piperidine rings is 1. The molecule has 0 saturated carbocycles. The number of nitrogens with zero attached hydrogens (tertiary/aromatic N) is 1. The summed E-state index contributed by atoms with van der Waals surface area (Å²) in [4.78, 5) is 17.7. The van der Waals surface area contributed by atoms with Gasteiger partial charge in [0.2, 0.25) is 0 Å². The van der Waals surface area contributed by atoms with Crippen molar-refractivity contribution >= 4 is 11.8 Å². The van der Waals surface area contributed by atoms with Gasteiger partial charge in [-0.15, -0.1) is 0 Å². The van der Waals surface area contributed by atoms with Crippen LogP contribution in [0.25, 0.3) is 0 Å². The fourth-order valence-corrected chi connectivity index (χ4v) is 2.67. The van der Waals surface area contributed by atoms with Crippen LogP contribution in [0.2, 0.25) is 0 Å². The SMILES string of the molecule is O=c1ccnc(SCC2(O)CCNCC2)[nH]1. The third kappa shape index (κ3) is 3.07. The van der Waals surface area contributed by atoms with Crippen molar-refractivity contribution in [2.24, 2.45) is 0 Å². The van der Waals surface area contributed by atoms with Gasteiger partial charge < -0.3 is 15.4 Å². The van der Waals surface area contributed by atoms with Gasteiger partial charge in [-0.1, -0.05) is 11.8 Å². The number of rotatable bonds is 3. The minimum absolute atomic E-state index is 0.158. The normalized spacial score (nSPS) is 19.6. The summed E-state index contributed by atoms with van der Waals surface area (Å²) in [7, 11) is 0. The van der Waals surface area contributed by atoms with Crippen LogP contribution < -0.4 is 10.9 Å². The topological polar surface area (TPSA) is 78.0 Å². The average Bonchev–Trinajstić information content (AvgIpc) is 2.28. The molecule has 1 aliphatic heterocycles. The summed E-state index contributed by atoms with van der Waals surface area (Å²) in [5.74, 6) is 0.571. The molecule has 0 aliphatic carbocycles. The zero-order chi connectivity index (χ0) is 11.4. The van der Waals surface area contributed by atoms with Gasteiger partial charge in [-0.25, -0.2) is 4.98 Å². The molecule has 0 spiro atoms. The molecule has 1 aromatic rings. The van der Waals surface area contributed by atoms with Crippen LogP contribution in [0.15, 0.2) is 22.2 Å². The summed E-state index contributed by atoms with van der Waals surface area (Å²) < 4.78 is 0. The lowest BCUT2D eigenvalue weighted by molar-refractivity contribution is 0.0339. The van der Waals surface area contributed by atoms with Crippen LogP contribution in [0.5, 0.6) is 0 Å². The van der Waals surface area contributed by atoms with Crippen molar-refractivity contribution in [1.82, 2.24) is 15.3 Å². The summed E-state index contributed by atoms with van der Waals surface area (Å²) in [6, 6.07) is 1.38. The van der Waals surface area contributed by atoms with E-state index in [1.807, 2.05) is 0 Å². The summed E-state index contributed by atoms with van der Waals surface area (Å²) in [6.45, 7) is 1.69. The van der Waals surface area contributed by atoms with E-state index >= 15 is 0 Å². The molecule has 6 heteroatoms. The van der Waals surface area contributed by atoms with Gasteiger partial charge in [0.1, 0.15) is 0 Å². The monoisotopic (exact) mass is 241 g/mol. The van der Waals surface area contributed by atoms with Crippen molar-refractivity contribution in [2.45, 2.75) is 23.6 Å². The molecule has 1 fully saturated rings. The molecular formula is C10H15N3O2S. The largest absolute Gasteiger partial charge is 0.389 e. The zero-order valence-electron chi connectivity index (χ0n) is 8.90. The van der Waals surface area contributed by atoms with E-state index in [1.165, 1.54) is 24.0 Å². The molecule has 0 amide bonds. The van der Waals surface area contributed by atoms with Crippen molar-refractivity contribution in [3.05, 3.63) is 22.6 Å². The summed E-state index contributed by atoms with van der Waals surface area (Å²) in [5, 5.41) is 14.0. The molecule has 0 radical (unpaired) electrons. The lowest BCUT2D eigenvalue weighted by atomic mass is 9.95. The molecule has 2 rings (SSSR count). The van der Waals surface area contributed by atoms with Crippen LogP contribution in [0.3, 0.4) is 0 Å². The predicted octanol–water partition coefficient (Wildman–Crippen LogP) is -0.0235. The van der Waals surface area contributed by atoms with Gasteiger partial charge in [0.25, 0.3) is 5.56 Å². The van der Waals surface area contributed by atoms with Crippen LogP contribution in [0.1, 0.15) is 12.8 Å². The fourth-order valence-electron chi connectivity index (χ4n) is 1.66. The lowest BCUT2D eigenvalue weighted by Gasteiger charge is -2.31. The molecule has 1 saturated heterocycles. The third-order valence-corrected chi connectivity index (χ3v) is 3.82. The van der Waals surface area contributed by atoms with Gasteiger partial charge in [-0.3, -0.25) is 4.79 Å². The molecular weight excluding hydrogens is 226 g/mol. The minimum Gasteiger partial charge on any atom is -0.389 e. The second-order valence-corrected chi connectivity index (χ2v) is 4.97. The van der Waals surface area contributed by atoms with Crippen LogP contribution in [0, 0.1) is 0 Å². The highest BCUT2D eigenvalue weighted by Gasteiger charge is 2.29. The number of hydrogen-bond donors (Lipinski definition) is 3. The van der Waals surface area contributed by atoms with Crippen LogP contribution in [0.4, 0.5) is 0 Å². The van der Waals surface area contributed by atoms with E-state index in [9.17, 15) is 9.90 Å². The molecule has 0 atom stereocenters. The smallest absolute Gasteiger partial charge is 0.251 e. The Hall–Kier alpha value is -0.850. The predicted molar refractivity (Wildman–Crippen MR) is 62.6 cm³/mol. The van der Waals surface area contributed by atoms with E-state index in [0.29, 0.717) is 10.9 Å². The average molecular weight is 241 g/mol. The molecule has 5 nitrogen and oxygen atoms in total. The fraction of sp³-hybridized carbons (Fsp3) is 0.600. The maximum atomic E-state index is 11.0. The second-order valence-electron chi connectivity index (χ2n) is 4.00. The standard InChI is InChI=1S/C10H15N3O2S/c14-8-1-4-12-9(13-8)16-7-10(15)2-5-11-6-3-10/h1,4,11,15H,2-3,5-7H2,(H,12,13,14). The molecule has 2 heterocycles. The maximum absolute atomic E-state index is 11.0. The summed E-state index contributed by atoms with van der Waals surface area (Å²) >= 11 is 1.40. The molecule has 1 aliphatic rings. The van der Waals surface area contributed by atoms with Crippen molar-refractivity contribution < 1.29 is 5.11 Å². The Labute approximate surface area is 97.7 Å². The molecule has 0 unspecified atom stereocenters. The van der Waals surface area contributed by atoms with Crippen molar-refractivity contribution in [3.8, 4) is 0 Å². The number of H-pyrrole nitrogens is 1. The highest BCUT2D eigenvalue weighted by Crippen LogP contribution is 2.25. The Bertz CT molecular complexity index is 401. The maximum Gasteiger partial charge on any atom is 0.251 e. The van der Waals surface area contributed by atoms with E-state index in [0.717, 1.165) is 25.9 Å². The number of nitrogens with one attached hydrogen (secondary N) is 2. The number of aliphatic hydroxyl groups is 1.